The van der Waals surface area contributed by atoms with E-state index in [0.717, 1.165) is 12.1 Å². The Morgan fingerprint density at radius 3 is 2.47 bits per heavy atom. The van der Waals surface area contributed by atoms with Crippen molar-refractivity contribution in [2.45, 2.75) is 12.6 Å². The highest BCUT2D eigenvalue weighted by molar-refractivity contribution is 6.31. The van der Waals surface area contributed by atoms with Gasteiger partial charge in [0.2, 0.25) is 11.8 Å². The van der Waals surface area contributed by atoms with E-state index in [1.54, 1.807) is 0 Å². The lowest BCUT2D eigenvalue weighted by Gasteiger charge is -2.13. The number of ether oxygens (including phenoxy) is 1. The monoisotopic (exact) mass is 499 g/mol. The maximum Gasteiger partial charge on any atom is 0.417 e. The van der Waals surface area contributed by atoms with Gasteiger partial charge in [0.05, 0.1) is 10.6 Å². The number of aliphatic hydroxyl groups is 1. The molecule has 0 aliphatic carbocycles. The molecule has 1 heterocycles. The van der Waals surface area contributed by atoms with Gasteiger partial charge in [-0.15, -0.1) is 0 Å². The predicted molar refractivity (Wildman–Crippen MR) is 118 cm³/mol. The van der Waals surface area contributed by atoms with E-state index in [2.05, 4.69) is 25.9 Å². The number of aromatic nitrogens is 2. The summed E-state index contributed by atoms with van der Waals surface area (Å²) in [7, 11) is 0. The predicted octanol–water partition coefficient (Wildman–Crippen LogP) is 5.52. The summed E-state index contributed by atoms with van der Waals surface area (Å²) in [6.45, 7) is 0.436. The summed E-state index contributed by atoms with van der Waals surface area (Å²) in [5.41, 5.74) is -1.22. The molecule has 0 aliphatic heterocycles. The minimum atomic E-state index is -4.69. The molecule has 4 N–H and O–H groups in total. The van der Waals surface area contributed by atoms with Gasteiger partial charge < -0.3 is 25.8 Å². The van der Waals surface area contributed by atoms with Crippen molar-refractivity contribution in [3.05, 3.63) is 65.1 Å². The molecule has 13 heteroatoms. The summed E-state index contributed by atoms with van der Waals surface area (Å²) < 4.78 is 58.7. The number of aliphatic hydroxyl groups excluding tert-OH is 1. The number of anilines is 3. The number of nitrogens with zero attached hydrogens (tertiary/aromatic N) is 2. The number of rotatable bonds is 8. The van der Waals surface area contributed by atoms with E-state index in [1.807, 2.05) is 0 Å². The van der Waals surface area contributed by atoms with E-state index < -0.39 is 28.6 Å². The average molecular weight is 500 g/mol. The van der Waals surface area contributed by atoms with Crippen molar-refractivity contribution in [3.63, 3.8) is 0 Å². The molecule has 0 aliphatic rings. The molecular weight excluding hydrogens is 482 g/mol. The standard InChI is InChI=1S/C21H18ClF4N5O3/c22-15-4-2-12(10-14(15)21(24,25)26)29-20(33)30-13-3-5-17(16(23)11-13)34-18-6-8-28-19(31-18)27-7-1-9-32/h2-6,8,10-11,32H,1,7,9H2,(H,27,28,31)(H2,29,30,33). The van der Waals surface area contributed by atoms with Crippen LogP contribution in [-0.2, 0) is 6.18 Å². The minimum Gasteiger partial charge on any atom is -0.436 e. The molecule has 0 radical (unpaired) electrons. The largest absolute Gasteiger partial charge is 0.436 e. The second-order valence-electron chi connectivity index (χ2n) is 6.74. The normalized spacial score (nSPS) is 11.1. The van der Waals surface area contributed by atoms with Crippen molar-refractivity contribution in [3.8, 4) is 11.6 Å². The lowest BCUT2D eigenvalue weighted by atomic mass is 10.2. The third-order valence-electron chi connectivity index (χ3n) is 4.18. The summed E-state index contributed by atoms with van der Waals surface area (Å²) in [5.74, 6) is -0.713. The summed E-state index contributed by atoms with van der Waals surface area (Å²) in [6.07, 6.45) is -2.79. The molecule has 0 saturated heterocycles. The van der Waals surface area contributed by atoms with E-state index in [4.69, 9.17) is 21.4 Å². The molecule has 0 unspecified atom stereocenters. The maximum atomic E-state index is 14.5. The second kappa shape index (κ2) is 11.0. The highest BCUT2D eigenvalue weighted by Gasteiger charge is 2.33. The molecular formula is C21H18ClF4N5O3. The summed E-state index contributed by atoms with van der Waals surface area (Å²) in [6, 6.07) is 6.97. The van der Waals surface area contributed by atoms with Crippen molar-refractivity contribution in [2.24, 2.45) is 0 Å². The zero-order valence-corrected chi connectivity index (χ0v) is 18.0. The number of nitrogens with one attached hydrogen (secondary N) is 3. The lowest BCUT2D eigenvalue weighted by Crippen LogP contribution is -2.20. The number of carbonyl (C=O) groups excluding carboxylic acids is 1. The Labute approximate surface area is 195 Å². The number of alkyl halides is 3. The molecule has 2 aromatic carbocycles. The van der Waals surface area contributed by atoms with Crippen molar-refractivity contribution < 1.29 is 32.2 Å². The second-order valence-corrected chi connectivity index (χ2v) is 7.15. The third kappa shape index (κ3) is 6.93. The summed E-state index contributed by atoms with van der Waals surface area (Å²) >= 11 is 5.55. The lowest BCUT2D eigenvalue weighted by molar-refractivity contribution is -0.137. The van der Waals surface area contributed by atoms with Crippen molar-refractivity contribution in [1.82, 2.24) is 9.97 Å². The van der Waals surface area contributed by atoms with Crippen LogP contribution in [0.25, 0.3) is 0 Å². The maximum absolute atomic E-state index is 14.5. The third-order valence-corrected chi connectivity index (χ3v) is 4.51. The van der Waals surface area contributed by atoms with Crippen molar-refractivity contribution >= 4 is 35.0 Å². The zero-order valence-electron chi connectivity index (χ0n) is 17.3. The van der Waals surface area contributed by atoms with Gasteiger partial charge in [-0.05, 0) is 36.8 Å². The number of benzene rings is 2. The van der Waals surface area contributed by atoms with Gasteiger partial charge in [0.25, 0.3) is 0 Å². The van der Waals surface area contributed by atoms with Crippen LogP contribution in [0.3, 0.4) is 0 Å². The van der Waals surface area contributed by atoms with Crippen LogP contribution in [0.2, 0.25) is 5.02 Å². The van der Waals surface area contributed by atoms with E-state index in [-0.39, 0.29) is 35.6 Å². The van der Waals surface area contributed by atoms with E-state index in [9.17, 15) is 22.4 Å². The van der Waals surface area contributed by atoms with Gasteiger partial charge in [-0.2, -0.15) is 18.2 Å². The Morgan fingerprint density at radius 2 is 1.79 bits per heavy atom. The summed E-state index contributed by atoms with van der Waals surface area (Å²) in [5, 5.41) is 15.7. The van der Waals surface area contributed by atoms with Gasteiger partial charge in [-0.25, -0.2) is 14.2 Å². The van der Waals surface area contributed by atoms with Crippen LogP contribution in [0.1, 0.15) is 12.0 Å². The van der Waals surface area contributed by atoms with Gasteiger partial charge in [0, 0.05) is 42.9 Å². The molecule has 0 atom stereocenters. The first-order chi connectivity index (χ1) is 16.2. The van der Waals surface area contributed by atoms with Gasteiger partial charge in [-0.3, -0.25) is 0 Å². The first-order valence-corrected chi connectivity index (χ1v) is 10.1. The molecule has 2 amide bonds. The van der Waals surface area contributed by atoms with Crippen molar-refractivity contribution in [2.75, 3.05) is 29.1 Å². The van der Waals surface area contributed by atoms with Gasteiger partial charge in [-0.1, -0.05) is 11.6 Å². The fourth-order valence-corrected chi connectivity index (χ4v) is 2.88. The van der Waals surface area contributed by atoms with Crippen molar-refractivity contribution in [1.29, 1.82) is 0 Å². The van der Waals surface area contributed by atoms with Crippen LogP contribution in [0.4, 0.5) is 39.7 Å². The number of carbonyl (C=O) groups is 1. The zero-order chi connectivity index (χ0) is 24.7. The average Bonchev–Trinajstić information content (AvgIpc) is 2.77. The number of urea groups is 1. The Morgan fingerprint density at radius 1 is 1.09 bits per heavy atom. The van der Waals surface area contributed by atoms with E-state index in [1.165, 1.54) is 30.5 Å². The fraction of sp³-hybridized carbons (Fsp3) is 0.190. The van der Waals surface area contributed by atoms with Crippen LogP contribution < -0.4 is 20.7 Å². The molecule has 0 fully saturated rings. The van der Waals surface area contributed by atoms with Gasteiger partial charge >= 0.3 is 12.2 Å². The Balaban J connectivity index is 1.63. The number of halogens is 5. The van der Waals surface area contributed by atoms with E-state index >= 15 is 0 Å². The molecule has 8 nitrogen and oxygen atoms in total. The van der Waals surface area contributed by atoms with E-state index in [0.29, 0.717) is 19.0 Å². The highest BCUT2D eigenvalue weighted by Crippen LogP contribution is 2.36. The van der Waals surface area contributed by atoms with Gasteiger partial charge in [0.1, 0.15) is 0 Å². The fourth-order valence-electron chi connectivity index (χ4n) is 2.65. The Bertz CT molecular complexity index is 1160. The van der Waals surface area contributed by atoms with Crippen LogP contribution in [0.5, 0.6) is 11.6 Å². The molecule has 0 saturated carbocycles. The first kappa shape index (κ1) is 25.0. The molecule has 0 spiro atoms. The van der Waals surface area contributed by atoms with Crippen LogP contribution in [0.15, 0.2) is 48.7 Å². The molecule has 3 aromatic rings. The Kier molecular flexibility index (Phi) is 8.08. The Hall–Kier alpha value is -3.64. The van der Waals surface area contributed by atoms with Gasteiger partial charge in [0.15, 0.2) is 11.6 Å². The molecule has 3 rings (SSSR count). The molecule has 34 heavy (non-hydrogen) atoms. The smallest absolute Gasteiger partial charge is 0.417 e. The number of amides is 2. The summed E-state index contributed by atoms with van der Waals surface area (Å²) in [4.78, 5) is 20.2. The van der Waals surface area contributed by atoms with Crippen LogP contribution in [-0.4, -0.2) is 34.3 Å². The minimum absolute atomic E-state index is 0.00109. The van der Waals surface area contributed by atoms with Crippen LogP contribution in [0, 0.1) is 5.82 Å². The highest BCUT2D eigenvalue weighted by atomic mass is 35.5. The number of hydrogen-bond acceptors (Lipinski definition) is 6. The van der Waals surface area contributed by atoms with Crippen LogP contribution >= 0.6 is 11.6 Å². The molecule has 180 valence electrons. The quantitative estimate of drug-likeness (QED) is 0.240. The topological polar surface area (TPSA) is 108 Å². The first-order valence-electron chi connectivity index (χ1n) is 9.75. The molecule has 1 aromatic heterocycles. The SMILES string of the molecule is O=C(Nc1ccc(Oc2ccnc(NCCCO)n2)c(F)c1)Nc1ccc(Cl)c(C(F)(F)F)c1. The molecule has 0 bridgehead atoms. The number of hydrogen-bond donors (Lipinski definition) is 4.